The number of hydrogen-bond donors (Lipinski definition) is 1. The van der Waals surface area contributed by atoms with Gasteiger partial charge in [0.25, 0.3) is 0 Å². The van der Waals surface area contributed by atoms with Gasteiger partial charge in [-0.05, 0) is 42.6 Å². The summed E-state index contributed by atoms with van der Waals surface area (Å²) in [5, 5.41) is 3.44. The van der Waals surface area contributed by atoms with Gasteiger partial charge < -0.3 is 10.2 Å². The van der Waals surface area contributed by atoms with E-state index in [4.69, 9.17) is 0 Å². The number of nitrogens with zero attached hydrogens (tertiary/aromatic N) is 1. The first-order valence-electron chi connectivity index (χ1n) is 6.65. The second-order valence-corrected chi connectivity index (χ2v) is 5.57. The molecule has 1 heterocycles. The van der Waals surface area contributed by atoms with Crippen LogP contribution in [0, 0.1) is 5.92 Å². The van der Waals surface area contributed by atoms with Gasteiger partial charge in [0, 0.05) is 19.6 Å². The number of benzene rings is 1. The molecular formula is C15H24N2. The lowest BCUT2D eigenvalue weighted by atomic mass is 9.95. The molecule has 94 valence electrons. The highest BCUT2D eigenvalue weighted by molar-refractivity contribution is 5.36. The average Bonchev–Trinajstić information content (AvgIpc) is 2.28. The van der Waals surface area contributed by atoms with Gasteiger partial charge in [0.2, 0.25) is 0 Å². The summed E-state index contributed by atoms with van der Waals surface area (Å²) in [6, 6.07) is 6.75. The molecule has 0 amide bonds. The molecule has 0 aliphatic carbocycles. The summed E-state index contributed by atoms with van der Waals surface area (Å²) in [7, 11) is 2.22. The maximum absolute atomic E-state index is 3.44. The fraction of sp³-hybridized carbons (Fsp3) is 0.600. The zero-order valence-electron chi connectivity index (χ0n) is 11.3. The van der Waals surface area contributed by atoms with E-state index in [-0.39, 0.29) is 0 Å². The molecule has 0 saturated heterocycles. The Morgan fingerprint density at radius 3 is 2.94 bits per heavy atom. The normalized spacial score (nSPS) is 15.4. The lowest BCUT2D eigenvalue weighted by molar-refractivity contribution is 0.287. The molecule has 1 aliphatic rings. The zero-order valence-corrected chi connectivity index (χ0v) is 11.3. The van der Waals surface area contributed by atoms with Gasteiger partial charge in [0.1, 0.15) is 0 Å². The molecule has 0 saturated carbocycles. The summed E-state index contributed by atoms with van der Waals surface area (Å²) in [6.07, 6.45) is 1.18. The zero-order chi connectivity index (χ0) is 12.3. The fourth-order valence-electron chi connectivity index (χ4n) is 2.74. The largest absolute Gasteiger partial charge is 0.312 e. The highest BCUT2D eigenvalue weighted by Crippen LogP contribution is 2.20. The Morgan fingerprint density at radius 2 is 2.18 bits per heavy atom. The molecule has 0 spiro atoms. The van der Waals surface area contributed by atoms with Crippen LogP contribution < -0.4 is 5.32 Å². The molecule has 2 nitrogen and oxygen atoms in total. The van der Waals surface area contributed by atoms with Crippen LogP contribution >= 0.6 is 0 Å². The van der Waals surface area contributed by atoms with Gasteiger partial charge in [0.15, 0.2) is 0 Å². The predicted molar refractivity (Wildman–Crippen MR) is 73.0 cm³/mol. The van der Waals surface area contributed by atoms with Crippen LogP contribution in [0.15, 0.2) is 18.2 Å². The monoisotopic (exact) mass is 232 g/mol. The van der Waals surface area contributed by atoms with Gasteiger partial charge >= 0.3 is 0 Å². The van der Waals surface area contributed by atoms with Crippen LogP contribution in [-0.4, -0.2) is 25.0 Å². The number of fused-ring (bicyclic) bond motifs is 1. The van der Waals surface area contributed by atoms with Crippen LogP contribution in [0.1, 0.15) is 30.5 Å². The van der Waals surface area contributed by atoms with Crippen molar-refractivity contribution in [2.45, 2.75) is 33.4 Å². The molecule has 1 N–H and O–H groups in total. The lowest BCUT2D eigenvalue weighted by Crippen LogP contribution is -2.27. The topological polar surface area (TPSA) is 15.3 Å². The maximum Gasteiger partial charge on any atom is 0.0233 e. The Bertz CT molecular complexity index is 371. The van der Waals surface area contributed by atoms with Gasteiger partial charge in [-0.15, -0.1) is 0 Å². The van der Waals surface area contributed by atoms with E-state index in [0.717, 1.165) is 25.6 Å². The number of hydrogen-bond acceptors (Lipinski definition) is 2. The number of nitrogens with one attached hydrogen (secondary N) is 1. The molecule has 1 aromatic rings. The summed E-state index contributed by atoms with van der Waals surface area (Å²) in [5.41, 5.74) is 4.60. The van der Waals surface area contributed by atoms with Crippen LogP contribution in [0.2, 0.25) is 0 Å². The van der Waals surface area contributed by atoms with E-state index in [1.165, 1.54) is 24.1 Å². The smallest absolute Gasteiger partial charge is 0.0233 e. The summed E-state index contributed by atoms with van der Waals surface area (Å²) in [4.78, 5) is 2.43. The maximum atomic E-state index is 3.44. The Labute approximate surface area is 105 Å². The van der Waals surface area contributed by atoms with Crippen LogP contribution in [0.5, 0.6) is 0 Å². The first kappa shape index (κ1) is 12.6. The van der Waals surface area contributed by atoms with Gasteiger partial charge in [-0.25, -0.2) is 0 Å². The van der Waals surface area contributed by atoms with E-state index in [1.807, 2.05) is 0 Å². The molecule has 2 rings (SSSR count). The molecule has 0 atom stereocenters. The third-order valence-electron chi connectivity index (χ3n) is 3.35. The first-order chi connectivity index (χ1) is 8.16. The van der Waals surface area contributed by atoms with Gasteiger partial charge in [-0.3, -0.25) is 0 Å². The Balaban J connectivity index is 2.10. The van der Waals surface area contributed by atoms with Crippen molar-refractivity contribution < 1.29 is 0 Å². The molecule has 2 heteroatoms. The highest BCUT2D eigenvalue weighted by Gasteiger charge is 2.13. The molecule has 1 aliphatic heterocycles. The van der Waals surface area contributed by atoms with Crippen LogP contribution in [-0.2, 0) is 19.5 Å². The first-order valence-corrected chi connectivity index (χ1v) is 6.65. The molecule has 0 fully saturated rings. The molecule has 17 heavy (non-hydrogen) atoms. The molecule has 0 aromatic heterocycles. The third-order valence-corrected chi connectivity index (χ3v) is 3.35. The summed E-state index contributed by atoms with van der Waals surface area (Å²) in [6.45, 7) is 8.97. The van der Waals surface area contributed by atoms with E-state index in [0.29, 0.717) is 0 Å². The molecule has 0 bridgehead atoms. The SMILES string of the molecule is CC(C)CN(C)Cc1cccc2c1CCNC2. The van der Waals surface area contributed by atoms with Crippen molar-refractivity contribution in [1.82, 2.24) is 10.2 Å². The fourth-order valence-corrected chi connectivity index (χ4v) is 2.74. The molecule has 0 unspecified atom stereocenters. The van der Waals surface area contributed by atoms with Crippen molar-refractivity contribution in [2.24, 2.45) is 5.92 Å². The lowest BCUT2D eigenvalue weighted by Gasteiger charge is -2.24. The molecule has 1 aromatic carbocycles. The minimum atomic E-state index is 0.737. The van der Waals surface area contributed by atoms with E-state index in [9.17, 15) is 0 Å². The van der Waals surface area contributed by atoms with Crippen molar-refractivity contribution in [3.8, 4) is 0 Å². The van der Waals surface area contributed by atoms with E-state index in [1.54, 1.807) is 5.56 Å². The van der Waals surface area contributed by atoms with E-state index < -0.39 is 0 Å². The quantitative estimate of drug-likeness (QED) is 0.857. The summed E-state index contributed by atoms with van der Waals surface area (Å²) >= 11 is 0. The average molecular weight is 232 g/mol. The van der Waals surface area contributed by atoms with Crippen LogP contribution in [0.4, 0.5) is 0 Å². The summed E-state index contributed by atoms with van der Waals surface area (Å²) < 4.78 is 0. The minimum absolute atomic E-state index is 0.737. The van der Waals surface area contributed by atoms with Crippen molar-refractivity contribution in [1.29, 1.82) is 0 Å². The second kappa shape index (κ2) is 5.65. The van der Waals surface area contributed by atoms with Gasteiger partial charge in [0.05, 0.1) is 0 Å². The Hall–Kier alpha value is -0.860. The minimum Gasteiger partial charge on any atom is -0.312 e. The van der Waals surface area contributed by atoms with Gasteiger partial charge in [-0.1, -0.05) is 32.0 Å². The Morgan fingerprint density at radius 1 is 1.35 bits per heavy atom. The van der Waals surface area contributed by atoms with Crippen molar-refractivity contribution in [3.05, 3.63) is 34.9 Å². The third kappa shape index (κ3) is 3.30. The van der Waals surface area contributed by atoms with Crippen molar-refractivity contribution >= 4 is 0 Å². The molecular weight excluding hydrogens is 208 g/mol. The Kier molecular flexibility index (Phi) is 4.19. The molecule has 0 radical (unpaired) electrons. The van der Waals surface area contributed by atoms with Gasteiger partial charge in [-0.2, -0.15) is 0 Å². The summed E-state index contributed by atoms with van der Waals surface area (Å²) in [5.74, 6) is 0.737. The number of rotatable bonds is 4. The van der Waals surface area contributed by atoms with Crippen LogP contribution in [0.3, 0.4) is 0 Å². The second-order valence-electron chi connectivity index (χ2n) is 5.57. The van der Waals surface area contributed by atoms with Crippen LogP contribution in [0.25, 0.3) is 0 Å². The van der Waals surface area contributed by atoms with Crippen molar-refractivity contribution in [3.63, 3.8) is 0 Å². The van der Waals surface area contributed by atoms with Crippen molar-refractivity contribution in [2.75, 3.05) is 20.1 Å². The predicted octanol–water partition coefficient (Wildman–Crippen LogP) is 2.42. The van der Waals surface area contributed by atoms with E-state index >= 15 is 0 Å². The standard InChI is InChI=1S/C15H24N2/c1-12(2)10-17(3)11-14-6-4-5-13-9-16-8-7-15(13)14/h4-6,12,16H,7-11H2,1-3H3. The highest BCUT2D eigenvalue weighted by atomic mass is 15.1. The van der Waals surface area contributed by atoms with E-state index in [2.05, 4.69) is 49.3 Å².